The summed E-state index contributed by atoms with van der Waals surface area (Å²) in [4.78, 5) is 14.9. The van der Waals surface area contributed by atoms with Crippen LogP contribution >= 0.6 is 0 Å². The zero-order chi connectivity index (χ0) is 17.8. The first-order valence-electron chi connectivity index (χ1n) is 10.4. The minimum atomic E-state index is -0.0626. The molecule has 0 aromatic heterocycles. The Balaban J connectivity index is 1.32. The SMILES string of the molecule is O=C(Nc1cccc(N2CCCCCC2)c1)NC1CCC2CNCC2C1. The summed E-state index contributed by atoms with van der Waals surface area (Å²) in [7, 11) is 0. The summed E-state index contributed by atoms with van der Waals surface area (Å²) >= 11 is 0. The van der Waals surface area contributed by atoms with Gasteiger partial charge >= 0.3 is 6.03 Å². The number of carbonyl (C=O) groups excluding carboxylic acids is 1. The molecule has 2 amide bonds. The quantitative estimate of drug-likeness (QED) is 0.776. The summed E-state index contributed by atoms with van der Waals surface area (Å²) in [6.45, 7) is 4.51. The van der Waals surface area contributed by atoms with Crippen molar-refractivity contribution < 1.29 is 4.79 Å². The largest absolute Gasteiger partial charge is 0.371 e. The van der Waals surface area contributed by atoms with Gasteiger partial charge in [0.15, 0.2) is 0 Å². The van der Waals surface area contributed by atoms with E-state index in [4.69, 9.17) is 0 Å². The zero-order valence-corrected chi connectivity index (χ0v) is 15.7. The van der Waals surface area contributed by atoms with E-state index in [1.54, 1.807) is 0 Å². The molecule has 142 valence electrons. The summed E-state index contributed by atoms with van der Waals surface area (Å²) < 4.78 is 0. The number of benzene rings is 1. The summed E-state index contributed by atoms with van der Waals surface area (Å²) in [6, 6.07) is 8.55. The molecular formula is C21H32N4O. The Hall–Kier alpha value is -1.75. The zero-order valence-electron chi connectivity index (χ0n) is 15.7. The first kappa shape index (κ1) is 17.7. The van der Waals surface area contributed by atoms with Crippen LogP contribution < -0.4 is 20.9 Å². The average molecular weight is 357 g/mol. The van der Waals surface area contributed by atoms with Crippen molar-refractivity contribution in [2.75, 3.05) is 36.4 Å². The second-order valence-electron chi connectivity index (χ2n) is 8.24. The second-order valence-corrected chi connectivity index (χ2v) is 8.24. The van der Waals surface area contributed by atoms with E-state index < -0.39 is 0 Å². The molecule has 3 atom stereocenters. The van der Waals surface area contributed by atoms with E-state index in [-0.39, 0.29) is 6.03 Å². The van der Waals surface area contributed by atoms with Gasteiger partial charge in [0, 0.05) is 30.5 Å². The number of carbonyl (C=O) groups is 1. The Labute approximate surface area is 156 Å². The van der Waals surface area contributed by atoms with Crippen molar-refractivity contribution in [3.8, 4) is 0 Å². The van der Waals surface area contributed by atoms with Gasteiger partial charge in [-0.3, -0.25) is 0 Å². The van der Waals surface area contributed by atoms with Crippen LogP contribution in [0, 0.1) is 11.8 Å². The third-order valence-electron chi connectivity index (χ3n) is 6.36. The van der Waals surface area contributed by atoms with Crippen LogP contribution in [0.25, 0.3) is 0 Å². The number of hydrogen-bond donors (Lipinski definition) is 3. The molecule has 3 fully saturated rings. The summed E-state index contributed by atoms with van der Waals surface area (Å²) in [5, 5.41) is 9.74. The van der Waals surface area contributed by atoms with Gasteiger partial charge in [-0.2, -0.15) is 0 Å². The van der Waals surface area contributed by atoms with Crippen LogP contribution in [0.2, 0.25) is 0 Å². The van der Waals surface area contributed by atoms with Crippen LogP contribution in [0.15, 0.2) is 24.3 Å². The van der Waals surface area contributed by atoms with Crippen molar-refractivity contribution in [1.29, 1.82) is 0 Å². The highest BCUT2D eigenvalue weighted by atomic mass is 16.2. The molecule has 5 nitrogen and oxygen atoms in total. The standard InChI is InChI=1S/C21H32N4O/c26-21(24-19-9-8-16-14-22-15-17(16)12-19)23-18-6-5-7-20(13-18)25-10-3-1-2-4-11-25/h5-7,13,16-17,19,22H,1-4,8-12,14-15H2,(H2,23,24,26). The smallest absolute Gasteiger partial charge is 0.319 e. The Morgan fingerprint density at radius 2 is 1.85 bits per heavy atom. The third-order valence-corrected chi connectivity index (χ3v) is 6.36. The highest BCUT2D eigenvalue weighted by Gasteiger charge is 2.34. The van der Waals surface area contributed by atoms with Gasteiger partial charge < -0.3 is 20.9 Å². The fourth-order valence-corrected chi connectivity index (χ4v) is 4.89. The van der Waals surface area contributed by atoms with Crippen LogP contribution in [-0.4, -0.2) is 38.3 Å². The Morgan fingerprint density at radius 1 is 1.04 bits per heavy atom. The molecule has 2 heterocycles. The molecule has 2 aliphatic heterocycles. The normalized spacial score (nSPS) is 28.9. The van der Waals surface area contributed by atoms with Crippen LogP contribution in [0.4, 0.5) is 16.2 Å². The van der Waals surface area contributed by atoms with E-state index in [1.807, 2.05) is 12.1 Å². The van der Waals surface area contributed by atoms with Crippen molar-refractivity contribution in [3.05, 3.63) is 24.3 Å². The van der Waals surface area contributed by atoms with Crippen LogP contribution in [0.1, 0.15) is 44.9 Å². The van der Waals surface area contributed by atoms with E-state index in [1.165, 1.54) is 37.8 Å². The molecule has 4 rings (SSSR count). The maximum Gasteiger partial charge on any atom is 0.319 e. The minimum absolute atomic E-state index is 0.0626. The average Bonchev–Trinajstić information content (AvgIpc) is 2.93. The molecule has 26 heavy (non-hydrogen) atoms. The number of nitrogens with zero attached hydrogens (tertiary/aromatic N) is 1. The van der Waals surface area contributed by atoms with E-state index in [0.717, 1.165) is 56.5 Å². The van der Waals surface area contributed by atoms with Gasteiger partial charge in [-0.25, -0.2) is 4.79 Å². The van der Waals surface area contributed by atoms with E-state index in [9.17, 15) is 4.79 Å². The Kier molecular flexibility index (Phi) is 5.63. The van der Waals surface area contributed by atoms with Gasteiger partial charge in [0.05, 0.1) is 0 Å². The van der Waals surface area contributed by atoms with Crippen LogP contribution in [0.5, 0.6) is 0 Å². The maximum absolute atomic E-state index is 12.5. The third kappa shape index (κ3) is 4.32. The number of nitrogens with one attached hydrogen (secondary N) is 3. The Morgan fingerprint density at radius 3 is 2.69 bits per heavy atom. The molecule has 1 aromatic rings. The molecule has 5 heteroatoms. The monoisotopic (exact) mass is 356 g/mol. The molecule has 0 spiro atoms. The van der Waals surface area contributed by atoms with Gasteiger partial charge in [0.2, 0.25) is 0 Å². The first-order valence-corrected chi connectivity index (χ1v) is 10.4. The number of hydrogen-bond acceptors (Lipinski definition) is 3. The molecule has 3 aliphatic rings. The molecule has 2 saturated heterocycles. The predicted octanol–water partition coefficient (Wildman–Crippen LogP) is 3.58. The van der Waals surface area contributed by atoms with Gasteiger partial charge in [0.25, 0.3) is 0 Å². The lowest BCUT2D eigenvalue weighted by atomic mass is 9.79. The van der Waals surface area contributed by atoms with Crippen molar-refractivity contribution in [2.24, 2.45) is 11.8 Å². The van der Waals surface area contributed by atoms with Crippen molar-refractivity contribution in [2.45, 2.75) is 51.0 Å². The second kappa shape index (κ2) is 8.30. The van der Waals surface area contributed by atoms with E-state index in [2.05, 4.69) is 33.0 Å². The number of fused-ring (bicyclic) bond motifs is 1. The fourth-order valence-electron chi connectivity index (χ4n) is 4.89. The number of urea groups is 1. The number of rotatable bonds is 3. The molecule has 3 N–H and O–H groups in total. The summed E-state index contributed by atoms with van der Waals surface area (Å²) in [5.74, 6) is 1.56. The van der Waals surface area contributed by atoms with Crippen LogP contribution in [-0.2, 0) is 0 Å². The molecule has 1 saturated carbocycles. The van der Waals surface area contributed by atoms with E-state index >= 15 is 0 Å². The van der Waals surface area contributed by atoms with E-state index in [0.29, 0.717) is 6.04 Å². The Bertz CT molecular complexity index is 612. The van der Waals surface area contributed by atoms with Gasteiger partial charge in [-0.15, -0.1) is 0 Å². The lowest BCUT2D eigenvalue weighted by Gasteiger charge is -2.31. The molecule has 0 radical (unpaired) electrons. The topological polar surface area (TPSA) is 56.4 Å². The lowest BCUT2D eigenvalue weighted by Crippen LogP contribution is -2.42. The highest BCUT2D eigenvalue weighted by molar-refractivity contribution is 5.90. The minimum Gasteiger partial charge on any atom is -0.371 e. The number of anilines is 2. The fraction of sp³-hybridized carbons (Fsp3) is 0.667. The molecular weight excluding hydrogens is 324 g/mol. The molecule has 1 aliphatic carbocycles. The van der Waals surface area contributed by atoms with Crippen molar-refractivity contribution in [1.82, 2.24) is 10.6 Å². The maximum atomic E-state index is 12.5. The molecule has 0 bridgehead atoms. The van der Waals surface area contributed by atoms with Crippen LogP contribution in [0.3, 0.4) is 0 Å². The lowest BCUT2D eigenvalue weighted by molar-refractivity contribution is 0.224. The highest BCUT2D eigenvalue weighted by Crippen LogP contribution is 2.32. The predicted molar refractivity (Wildman–Crippen MR) is 107 cm³/mol. The van der Waals surface area contributed by atoms with Gasteiger partial charge in [-0.05, 0) is 75.2 Å². The van der Waals surface area contributed by atoms with Gasteiger partial charge in [0.1, 0.15) is 0 Å². The molecule has 1 aromatic carbocycles. The van der Waals surface area contributed by atoms with Crippen molar-refractivity contribution in [3.63, 3.8) is 0 Å². The molecule has 3 unspecified atom stereocenters. The number of amides is 2. The summed E-state index contributed by atoms with van der Waals surface area (Å²) in [6.07, 6.45) is 8.62. The first-order chi connectivity index (χ1) is 12.8. The summed E-state index contributed by atoms with van der Waals surface area (Å²) in [5.41, 5.74) is 2.11. The van der Waals surface area contributed by atoms with Crippen molar-refractivity contribution >= 4 is 17.4 Å². The van der Waals surface area contributed by atoms with Gasteiger partial charge in [-0.1, -0.05) is 18.9 Å².